The highest BCUT2D eigenvalue weighted by Gasteiger charge is 2.34. The molecule has 4 heteroatoms. The average molecular weight is 198 g/mol. The van der Waals surface area contributed by atoms with Gasteiger partial charge in [-0.25, -0.2) is 0 Å². The van der Waals surface area contributed by atoms with E-state index in [-0.39, 0.29) is 17.9 Å². The molecule has 2 fully saturated rings. The fourth-order valence-electron chi connectivity index (χ4n) is 1.89. The molecule has 1 aliphatic carbocycles. The van der Waals surface area contributed by atoms with Crippen molar-refractivity contribution in [2.75, 3.05) is 26.8 Å². The topological polar surface area (TPSA) is 55.6 Å². The van der Waals surface area contributed by atoms with Crippen LogP contribution in [0.4, 0.5) is 0 Å². The molecular weight excluding hydrogens is 180 g/mol. The highest BCUT2D eigenvalue weighted by atomic mass is 16.5. The number of carbonyl (C=O) groups excluding carboxylic acids is 1. The smallest absolute Gasteiger partial charge is 0.229 e. The monoisotopic (exact) mass is 198 g/mol. The number of rotatable bonds is 3. The van der Waals surface area contributed by atoms with Crippen LogP contribution in [-0.2, 0) is 9.53 Å². The molecule has 0 aromatic rings. The van der Waals surface area contributed by atoms with Gasteiger partial charge < -0.3 is 15.4 Å². The SMILES string of the molecule is CN(CC1CC1)C(=O)C1COCC1N. The minimum atomic E-state index is -0.112. The van der Waals surface area contributed by atoms with Crippen molar-refractivity contribution in [2.45, 2.75) is 18.9 Å². The van der Waals surface area contributed by atoms with E-state index in [4.69, 9.17) is 10.5 Å². The van der Waals surface area contributed by atoms with Crippen LogP contribution in [0.3, 0.4) is 0 Å². The van der Waals surface area contributed by atoms with Crippen molar-refractivity contribution in [2.24, 2.45) is 17.6 Å². The molecule has 80 valence electrons. The second-order valence-electron chi connectivity index (χ2n) is 4.47. The summed E-state index contributed by atoms with van der Waals surface area (Å²) in [6, 6.07) is -0.107. The fourth-order valence-corrected chi connectivity index (χ4v) is 1.89. The lowest BCUT2D eigenvalue weighted by Gasteiger charge is -2.22. The maximum atomic E-state index is 11.9. The molecule has 1 aliphatic heterocycles. The van der Waals surface area contributed by atoms with Crippen molar-refractivity contribution < 1.29 is 9.53 Å². The first-order valence-corrected chi connectivity index (χ1v) is 5.27. The van der Waals surface area contributed by atoms with Gasteiger partial charge in [0.05, 0.1) is 19.1 Å². The first kappa shape index (κ1) is 9.93. The van der Waals surface area contributed by atoms with Gasteiger partial charge in [-0.15, -0.1) is 0 Å². The standard InChI is InChI=1S/C10H18N2O2/c1-12(4-7-2-3-7)10(13)8-5-14-6-9(8)11/h7-9H,2-6,11H2,1H3. The van der Waals surface area contributed by atoms with Crippen molar-refractivity contribution >= 4 is 5.91 Å². The van der Waals surface area contributed by atoms with Crippen LogP contribution in [0.1, 0.15) is 12.8 Å². The highest BCUT2D eigenvalue weighted by molar-refractivity contribution is 5.79. The van der Waals surface area contributed by atoms with Gasteiger partial charge in [0.2, 0.25) is 5.91 Å². The first-order valence-electron chi connectivity index (χ1n) is 5.27. The molecule has 2 N–H and O–H groups in total. The van der Waals surface area contributed by atoms with Gasteiger partial charge in [-0.3, -0.25) is 4.79 Å². The minimum absolute atomic E-state index is 0.107. The Morgan fingerprint density at radius 1 is 1.50 bits per heavy atom. The number of carbonyl (C=O) groups is 1. The molecule has 2 atom stereocenters. The predicted octanol–water partition coefficient (Wildman–Crippen LogP) is -0.171. The normalized spacial score (nSPS) is 31.9. The van der Waals surface area contributed by atoms with E-state index in [1.165, 1.54) is 12.8 Å². The summed E-state index contributed by atoms with van der Waals surface area (Å²) in [7, 11) is 1.87. The van der Waals surface area contributed by atoms with Crippen LogP contribution in [-0.4, -0.2) is 43.7 Å². The van der Waals surface area contributed by atoms with Gasteiger partial charge in [-0.1, -0.05) is 0 Å². The lowest BCUT2D eigenvalue weighted by atomic mass is 10.0. The van der Waals surface area contributed by atoms with Gasteiger partial charge in [0.15, 0.2) is 0 Å². The van der Waals surface area contributed by atoms with Gasteiger partial charge >= 0.3 is 0 Å². The zero-order chi connectivity index (χ0) is 10.1. The van der Waals surface area contributed by atoms with Crippen molar-refractivity contribution in [3.05, 3.63) is 0 Å². The number of ether oxygens (including phenoxy) is 1. The van der Waals surface area contributed by atoms with Gasteiger partial charge in [0, 0.05) is 19.6 Å². The Bertz CT molecular complexity index is 228. The molecule has 2 aliphatic rings. The summed E-state index contributed by atoms with van der Waals surface area (Å²) in [4.78, 5) is 13.7. The Hall–Kier alpha value is -0.610. The third-order valence-corrected chi connectivity index (χ3v) is 3.05. The molecule has 0 aromatic heterocycles. The molecule has 1 amide bonds. The van der Waals surface area contributed by atoms with E-state index >= 15 is 0 Å². The third-order valence-electron chi connectivity index (χ3n) is 3.05. The second kappa shape index (κ2) is 3.87. The Morgan fingerprint density at radius 2 is 2.21 bits per heavy atom. The zero-order valence-electron chi connectivity index (χ0n) is 8.61. The zero-order valence-corrected chi connectivity index (χ0v) is 8.61. The number of amides is 1. The van der Waals surface area contributed by atoms with Crippen LogP contribution in [0.15, 0.2) is 0 Å². The Kier molecular flexibility index (Phi) is 2.74. The average Bonchev–Trinajstić information content (AvgIpc) is 2.86. The summed E-state index contributed by atoms with van der Waals surface area (Å²) in [5.41, 5.74) is 5.79. The molecule has 2 unspecified atom stereocenters. The minimum Gasteiger partial charge on any atom is -0.379 e. The molecule has 0 aromatic carbocycles. The maximum Gasteiger partial charge on any atom is 0.229 e. The molecule has 1 saturated carbocycles. The van der Waals surface area contributed by atoms with Crippen LogP contribution in [0.2, 0.25) is 0 Å². The quantitative estimate of drug-likeness (QED) is 0.685. The maximum absolute atomic E-state index is 11.9. The molecule has 0 radical (unpaired) electrons. The molecule has 14 heavy (non-hydrogen) atoms. The number of nitrogens with zero attached hydrogens (tertiary/aromatic N) is 1. The summed E-state index contributed by atoms with van der Waals surface area (Å²) in [6.07, 6.45) is 2.54. The predicted molar refractivity (Wildman–Crippen MR) is 52.6 cm³/mol. The molecule has 0 spiro atoms. The van der Waals surface area contributed by atoms with E-state index in [0.717, 1.165) is 12.5 Å². The summed E-state index contributed by atoms with van der Waals surface area (Å²) in [5, 5.41) is 0. The first-order chi connectivity index (χ1) is 6.68. The molecule has 4 nitrogen and oxygen atoms in total. The third kappa shape index (κ3) is 2.07. The van der Waals surface area contributed by atoms with E-state index in [9.17, 15) is 4.79 Å². The van der Waals surface area contributed by atoms with Gasteiger partial charge in [0.1, 0.15) is 0 Å². The Labute approximate surface area is 84.4 Å². The number of nitrogens with two attached hydrogens (primary N) is 1. The van der Waals surface area contributed by atoms with Crippen molar-refractivity contribution in [1.29, 1.82) is 0 Å². The summed E-state index contributed by atoms with van der Waals surface area (Å²) in [5.74, 6) is 0.781. The number of hydrogen-bond donors (Lipinski definition) is 1. The van der Waals surface area contributed by atoms with Crippen LogP contribution in [0.25, 0.3) is 0 Å². The van der Waals surface area contributed by atoms with E-state index < -0.39 is 0 Å². The Morgan fingerprint density at radius 3 is 2.71 bits per heavy atom. The largest absolute Gasteiger partial charge is 0.379 e. The van der Waals surface area contributed by atoms with Crippen LogP contribution < -0.4 is 5.73 Å². The summed E-state index contributed by atoms with van der Waals surface area (Å²) >= 11 is 0. The van der Waals surface area contributed by atoms with Crippen molar-refractivity contribution in [3.63, 3.8) is 0 Å². The fraction of sp³-hybridized carbons (Fsp3) is 0.900. The summed E-state index contributed by atoms with van der Waals surface area (Å²) in [6.45, 7) is 1.91. The second-order valence-corrected chi connectivity index (χ2v) is 4.47. The number of hydrogen-bond acceptors (Lipinski definition) is 3. The van der Waals surface area contributed by atoms with Gasteiger partial charge in [-0.2, -0.15) is 0 Å². The molecular formula is C10H18N2O2. The lowest BCUT2D eigenvalue weighted by molar-refractivity contribution is -0.134. The highest BCUT2D eigenvalue weighted by Crippen LogP contribution is 2.30. The van der Waals surface area contributed by atoms with E-state index in [1.807, 2.05) is 11.9 Å². The lowest BCUT2D eigenvalue weighted by Crippen LogP contribution is -2.42. The van der Waals surface area contributed by atoms with Crippen molar-refractivity contribution in [3.8, 4) is 0 Å². The van der Waals surface area contributed by atoms with Gasteiger partial charge in [-0.05, 0) is 18.8 Å². The molecule has 0 bridgehead atoms. The van der Waals surface area contributed by atoms with Gasteiger partial charge in [0.25, 0.3) is 0 Å². The summed E-state index contributed by atoms with van der Waals surface area (Å²) < 4.78 is 5.19. The van der Waals surface area contributed by atoms with E-state index in [1.54, 1.807) is 0 Å². The molecule has 1 saturated heterocycles. The van der Waals surface area contributed by atoms with Crippen LogP contribution in [0.5, 0.6) is 0 Å². The Balaban J connectivity index is 1.85. The van der Waals surface area contributed by atoms with E-state index in [0.29, 0.717) is 13.2 Å². The van der Waals surface area contributed by atoms with Crippen LogP contribution >= 0.6 is 0 Å². The molecule has 1 heterocycles. The molecule has 2 rings (SSSR count). The van der Waals surface area contributed by atoms with Crippen LogP contribution in [0, 0.1) is 11.8 Å². The van der Waals surface area contributed by atoms with E-state index in [2.05, 4.69) is 0 Å². The van der Waals surface area contributed by atoms with Crippen molar-refractivity contribution in [1.82, 2.24) is 4.90 Å².